The van der Waals surface area contributed by atoms with Gasteiger partial charge in [0.25, 0.3) is 0 Å². The summed E-state index contributed by atoms with van der Waals surface area (Å²) in [5, 5.41) is 20.5. The van der Waals surface area contributed by atoms with Gasteiger partial charge in [0, 0.05) is 5.56 Å². The third-order valence-corrected chi connectivity index (χ3v) is 2.84. The number of rotatable bonds is 2. The quantitative estimate of drug-likeness (QED) is 0.544. The van der Waals surface area contributed by atoms with Crippen LogP contribution in [0.1, 0.15) is 0 Å². The molecule has 1 aromatic heterocycles. The first kappa shape index (κ1) is 11.2. The lowest BCUT2D eigenvalue weighted by molar-refractivity contribution is -0.384. The van der Waals surface area contributed by atoms with E-state index in [0.29, 0.717) is 11.3 Å². The van der Waals surface area contributed by atoms with Crippen molar-refractivity contribution in [3.05, 3.63) is 52.6 Å². The Kier molecular flexibility index (Phi) is 2.42. The Morgan fingerprint density at radius 3 is 2.58 bits per heavy atom. The second-order valence-corrected chi connectivity index (χ2v) is 4.04. The number of nitrogens with one attached hydrogen (secondary N) is 1. The molecule has 0 atom stereocenters. The van der Waals surface area contributed by atoms with Gasteiger partial charge in [0.05, 0.1) is 10.4 Å². The van der Waals surface area contributed by atoms with E-state index < -0.39 is 4.92 Å². The average molecular weight is 255 g/mol. The van der Waals surface area contributed by atoms with Gasteiger partial charge >= 0.3 is 5.69 Å². The molecule has 3 aromatic rings. The van der Waals surface area contributed by atoms with Crippen molar-refractivity contribution < 1.29 is 10.0 Å². The highest BCUT2D eigenvalue weighted by molar-refractivity contribution is 5.90. The number of aromatic amines is 1. The van der Waals surface area contributed by atoms with E-state index in [4.69, 9.17) is 0 Å². The molecule has 0 unspecified atom stereocenters. The van der Waals surface area contributed by atoms with E-state index in [1.165, 1.54) is 6.07 Å². The standard InChI is InChI=1S/C13H9N3O3/c17-10-7-6-9-11(12(10)16(18)19)15-13(14-9)8-4-2-1-3-5-8/h1-7,17H,(H,14,15). The molecule has 6 nitrogen and oxygen atoms in total. The highest BCUT2D eigenvalue weighted by atomic mass is 16.6. The van der Waals surface area contributed by atoms with Crippen molar-refractivity contribution in [1.29, 1.82) is 0 Å². The van der Waals surface area contributed by atoms with E-state index >= 15 is 0 Å². The number of phenolic OH excluding ortho intramolecular Hbond substituents is 1. The van der Waals surface area contributed by atoms with Crippen LogP contribution in [0.15, 0.2) is 42.5 Å². The molecule has 94 valence electrons. The number of H-pyrrole nitrogens is 1. The Balaban J connectivity index is 2.27. The van der Waals surface area contributed by atoms with E-state index in [-0.39, 0.29) is 17.0 Å². The lowest BCUT2D eigenvalue weighted by Gasteiger charge is -1.95. The van der Waals surface area contributed by atoms with Gasteiger partial charge in [-0.15, -0.1) is 0 Å². The van der Waals surface area contributed by atoms with E-state index in [1.54, 1.807) is 6.07 Å². The molecule has 0 spiro atoms. The molecule has 2 aromatic carbocycles. The predicted octanol–water partition coefficient (Wildman–Crippen LogP) is 2.84. The molecule has 0 aliphatic carbocycles. The molecular formula is C13H9N3O3. The minimum atomic E-state index is -0.632. The van der Waals surface area contributed by atoms with Crippen LogP contribution in [0.2, 0.25) is 0 Å². The van der Waals surface area contributed by atoms with Gasteiger partial charge in [-0.25, -0.2) is 4.98 Å². The van der Waals surface area contributed by atoms with Gasteiger partial charge in [-0.3, -0.25) is 10.1 Å². The summed E-state index contributed by atoms with van der Waals surface area (Å²) >= 11 is 0. The van der Waals surface area contributed by atoms with Crippen molar-refractivity contribution in [2.75, 3.05) is 0 Å². The van der Waals surface area contributed by atoms with Gasteiger partial charge < -0.3 is 10.1 Å². The van der Waals surface area contributed by atoms with Gasteiger partial charge in [-0.1, -0.05) is 30.3 Å². The van der Waals surface area contributed by atoms with Crippen LogP contribution < -0.4 is 0 Å². The molecule has 2 N–H and O–H groups in total. The molecule has 0 aliphatic heterocycles. The maximum Gasteiger partial charge on any atom is 0.338 e. The minimum absolute atomic E-state index is 0.156. The Morgan fingerprint density at radius 1 is 1.16 bits per heavy atom. The summed E-state index contributed by atoms with van der Waals surface area (Å²) < 4.78 is 0. The summed E-state index contributed by atoms with van der Waals surface area (Å²) in [4.78, 5) is 17.6. The number of nitrogens with zero attached hydrogens (tertiary/aromatic N) is 2. The number of hydrogen-bond acceptors (Lipinski definition) is 4. The van der Waals surface area contributed by atoms with E-state index in [2.05, 4.69) is 9.97 Å². The molecular weight excluding hydrogens is 246 g/mol. The van der Waals surface area contributed by atoms with Crippen molar-refractivity contribution in [2.24, 2.45) is 0 Å². The maximum atomic E-state index is 11.0. The van der Waals surface area contributed by atoms with Gasteiger partial charge in [-0.2, -0.15) is 0 Å². The maximum absolute atomic E-state index is 11.0. The van der Waals surface area contributed by atoms with Crippen molar-refractivity contribution in [1.82, 2.24) is 9.97 Å². The van der Waals surface area contributed by atoms with Crippen molar-refractivity contribution in [2.45, 2.75) is 0 Å². The fraction of sp³-hybridized carbons (Fsp3) is 0. The van der Waals surface area contributed by atoms with Crippen LogP contribution >= 0.6 is 0 Å². The average Bonchev–Trinajstić information content (AvgIpc) is 2.83. The van der Waals surface area contributed by atoms with Crippen LogP contribution in [0.3, 0.4) is 0 Å². The zero-order chi connectivity index (χ0) is 13.4. The smallest absolute Gasteiger partial charge is 0.338 e. The zero-order valence-corrected chi connectivity index (χ0v) is 9.70. The van der Waals surface area contributed by atoms with Crippen LogP contribution in [0.25, 0.3) is 22.4 Å². The fourth-order valence-corrected chi connectivity index (χ4v) is 1.96. The van der Waals surface area contributed by atoms with E-state index in [9.17, 15) is 15.2 Å². The molecule has 0 aliphatic rings. The lowest BCUT2D eigenvalue weighted by Crippen LogP contribution is -1.90. The molecule has 3 rings (SSSR count). The third-order valence-electron chi connectivity index (χ3n) is 2.84. The van der Waals surface area contributed by atoms with Crippen LogP contribution in [-0.2, 0) is 0 Å². The van der Waals surface area contributed by atoms with Gasteiger partial charge in [-0.05, 0) is 12.1 Å². The highest BCUT2D eigenvalue weighted by Gasteiger charge is 2.21. The SMILES string of the molecule is O=[N+]([O-])c1c(O)ccc2[nH]c(-c3ccccc3)nc12. The van der Waals surface area contributed by atoms with Crippen LogP contribution in [0.4, 0.5) is 5.69 Å². The first-order valence-corrected chi connectivity index (χ1v) is 5.58. The summed E-state index contributed by atoms with van der Waals surface area (Å²) in [6.45, 7) is 0. The number of imidazole rings is 1. The molecule has 0 saturated carbocycles. The first-order chi connectivity index (χ1) is 9.16. The normalized spacial score (nSPS) is 10.7. The second-order valence-electron chi connectivity index (χ2n) is 4.04. The molecule has 0 saturated heterocycles. The number of aromatic hydroxyl groups is 1. The van der Waals surface area contributed by atoms with Crippen molar-refractivity contribution in [3.63, 3.8) is 0 Å². The molecule has 0 bridgehead atoms. The van der Waals surface area contributed by atoms with Gasteiger partial charge in [0.2, 0.25) is 0 Å². The number of benzene rings is 2. The highest BCUT2D eigenvalue weighted by Crippen LogP contribution is 2.34. The molecule has 0 radical (unpaired) electrons. The Hall–Kier alpha value is -2.89. The second kappa shape index (κ2) is 4.09. The monoisotopic (exact) mass is 255 g/mol. The minimum Gasteiger partial charge on any atom is -0.502 e. The fourth-order valence-electron chi connectivity index (χ4n) is 1.96. The molecule has 6 heteroatoms. The third kappa shape index (κ3) is 1.79. The lowest BCUT2D eigenvalue weighted by atomic mass is 10.2. The van der Waals surface area contributed by atoms with Crippen LogP contribution in [0, 0.1) is 10.1 Å². The summed E-state index contributed by atoms with van der Waals surface area (Å²) in [6.07, 6.45) is 0. The Labute approximate surface area is 107 Å². The van der Waals surface area contributed by atoms with Crippen molar-refractivity contribution >= 4 is 16.7 Å². The summed E-state index contributed by atoms with van der Waals surface area (Å²) in [7, 11) is 0. The molecule has 0 amide bonds. The van der Waals surface area contributed by atoms with E-state index in [1.807, 2.05) is 30.3 Å². The molecule has 0 fully saturated rings. The number of nitro groups is 1. The largest absolute Gasteiger partial charge is 0.502 e. The number of fused-ring (bicyclic) bond motifs is 1. The van der Waals surface area contributed by atoms with Crippen LogP contribution in [-0.4, -0.2) is 20.0 Å². The zero-order valence-electron chi connectivity index (χ0n) is 9.70. The molecule has 19 heavy (non-hydrogen) atoms. The predicted molar refractivity (Wildman–Crippen MR) is 69.8 cm³/mol. The summed E-state index contributed by atoms with van der Waals surface area (Å²) in [5.74, 6) is 0.146. The summed E-state index contributed by atoms with van der Waals surface area (Å²) in [6, 6.07) is 12.1. The Bertz CT molecular complexity index is 765. The summed E-state index contributed by atoms with van der Waals surface area (Å²) in [5.41, 5.74) is 1.12. The number of hydrogen-bond donors (Lipinski definition) is 2. The van der Waals surface area contributed by atoms with Gasteiger partial charge in [0.15, 0.2) is 11.3 Å². The first-order valence-electron chi connectivity index (χ1n) is 5.58. The van der Waals surface area contributed by atoms with Gasteiger partial charge in [0.1, 0.15) is 5.82 Å². The number of phenols is 1. The number of nitro benzene ring substituents is 1. The molecule has 1 heterocycles. The topological polar surface area (TPSA) is 92.0 Å². The van der Waals surface area contributed by atoms with Crippen LogP contribution in [0.5, 0.6) is 5.75 Å². The van der Waals surface area contributed by atoms with E-state index in [0.717, 1.165) is 5.56 Å². The van der Waals surface area contributed by atoms with Crippen molar-refractivity contribution in [3.8, 4) is 17.1 Å². The number of aromatic nitrogens is 2. The Morgan fingerprint density at radius 2 is 1.89 bits per heavy atom.